The normalized spacial score (nSPS) is 16.0. The number of aryl methyl sites for hydroxylation is 1. The second-order valence-corrected chi connectivity index (χ2v) is 5.53. The molecule has 25 heavy (non-hydrogen) atoms. The quantitative estimate of drug-likeness (QED) is 0.867. The van der Waals surface area contributed by atoms with Crippen LogP contribution in [0, 0.1) is 18.3 Å². The van der Waals surface area contributed by atoms with E-state index >= 15 is 0 Å². The molecule has 0 saturated carbocycles. The first-order valence-corrected chi connectivity index (χ1v) is 8.13. The molecule has 7 nitrogen and oxygen atoms in total. The van der Waals surface area contributed by atoms with Crippen molar-refractivity contribution in [3.8, 4) is 23.4 Å². The highest BCUT2D eigenvalue weighted by Gasteiger charge is 2.36. The van der Waals surface area contributed by atoms with Gasteiger partial charge in [-0.25, -0.2) is 0 Å². The fourth-order valence-electron chi connectivity index (χ4n) is 3.04. The second kappa shape index (κ2) is 6.77. The van der Waals surface area contributed by atoms with E-state index in [1.807, 2.05) is 39.0 Å². The average Bonchev–Trinajstić information content (AvgIpc) is 2.96. The van der Waals surface area contributed by atoms with Gasteiger partial charge in [0.2, 0.25) is 11.8 Å². The first-order chi connectivity index (χ1) is 12.1. The lowest BCUT2D eigenvalue weighted by atomic mass is 9.83. The van der Waals surface area contributed by atoms with Crippen LogP contribution in [-0.4, -0.2) is 23.4 Å². The molecule has 130 valence electrons. The molecule has 1 aromatic heterocycles. The number of nitriles is 1. The summed E-state index contributed by atoms with van der Waals surface area (Å²) in [5, 5.41) is 16.7. The van der Waals surface area contributed by atoms with Gasteiger partial charge in [0.25, 0.3) is 0 Å². The number of ether oxygens (including phenoxy) is 3. The largest absolute Gasteiger partial charge is 0.490 e. The number of fused-ring (bicyclic) bond motifs is 1. The number of benzene rings is 1. The maximum absolute atomic E-state index is 9.67. The SMILES string of the molecule is CCOc1cccc(C2C(C#N)=C(N)Oc3n[nH]c(C)c32)c1OCC. The predicted octanol–water partition coefficient (Wildman–Crippen LogP) is 2.73. The third kappa shape index (κ3) is 2.76. The molecule has 1 atom stereocenters. The van der Waals surface area contributed by atoms with Crippen LogP contribution in [-0.2, 0) is 0 Å². The van der Waals surface area contributed by atoms with E-state index in [2.05, 4.69) is 16.3 Å². The van der Waals surface area contributed by atoms with E-state index in [4.69, 9.17) is 19.9 Å². The van der Waals surface area contributed by atoms with Gasteiger partial charge < -0.3 is 19.9 Å². The zero-order valence-corrected chi connectivity index (χ0v) is 14.4. The van der Waals surface area contributed by atoms with Crippen LogP contribution in [0.2, 0.25) is 0 Å². The molecule has 1 aliphatic rings. The molecular weight excluding hydrogens is 320 g/mol. The summed E-state index contributed by atoms with van der Waals surface area (Å²) in [5.41, 5.74) is 8.68. The number of nitrogens with one attached hydrogen (secondary N) is 1. The van der Waals surface area contributed by atoms with Crippen molar-refractivity contribution in [1.82, 2.24) is 10.2 Å². The van der Waals surface area contributed by atoms with Crippen molar-refractivity contribution in [3.63, 3.8) is 0 Å². The highest BCUT2D eigenvalue weighted by molar-refractivity contribution is 5.60. The van der Waals surface area contributed by atoms with Gasteiger partial charge >= 0.3 is 0 Å². The van der Waals surface area contributed by atoms with Crippen molar-refractivity contribution in [2.24, 2.45) is 5.73 Å². The Morgan fingerprint density at radius 1 is 1.32 bits per heavy atom. The highest BCUT2D eigenvalue weighted by Crippen LogP contribution is 2.47. The number of aromatic amines is 1. The Labute approximate surface area is 146 Å². The van der Waals surface area contributed by atoms with E-state index in [1.165, 1.54) is 0 Å². The zero-order chi connectivity index (χ0) is 18.0. The summed E-state index contributed by atoms with van der Waals surface area (Å²) in [5.74, 6) is 1.23. The maximum Gasteiger partial charge on any atom is 0.244 e. The third-order valence-corrected chi connectivity index (χ3v) is 4.04. The number of nitrogens with zero attached hydrogens (tertiary/aromatic N) is 2. The molecule has 1 unspecified atom stereocenters. The number of hydrogen-bond donors (Lipinski definition) is 2. The van der Waals surface area contributed by atoms with E-state index in [9.17, 15) is 5.26 Å². The van der Waals surface area contributed by atoms with Gasteiger partial charge in [-0.3, -0.25) is 5.10 Å². The third-order valence-electron chi connectivity index (χ3n) is 4.04. The minimum absolute atomic E-state index is 0.0516. The minimum atomic E-state index is -0.436. The van der Waals surface area contributed by atoms with E-state index in [0.717, 1.165) is 16.8 Å². The average molecular weight is 340 g/mol. The van der Waals surface area contributed by atoms with Gasteiger partial charge in [0.1, 0.15) is 11.6 Å². The van der Waals surface area contributed by atoms with Crippen molar-refractivity contribution < 1.29 is 14.2 Å². The zero-order valence-electron chi connectivity index (χ0n) is 14.4. The number of allylic oxidation sites excluding steroid dienone is 1. The van der Waals surface area contributed by atoms with E-state index < -0.39 is 5.92 Å². The first kappa shape index (κ1) is 16.7. The van der Waals surface area contributed by atoms with Gasteiger partial charge in [0.05, 0.1) is 19.1 Å². The van der Waals surface area contributed by atoms with Crippen molar-refractivity contribution in [1.29, 1.82) is 5.26 Å². The summed E-state index contributed by atoms with van der Waals surface area (Å²) in [6.45, 7) is 6.68. The molecule has 0 fully saturated rings. The lowest BCUT2D eigenvalue weighted by Crippen LogP contribution is -2.21. The van der Waals surface area contributed by atoms with Crippen LogP contribution < -0.4 is 19.9 Å². The molecule has 2 aromatic rings. The Balaban J connectivity index is 2.25. The summed E-state index contributed by atoms with van der Waals surface area (Å²) in [7, 11) is 0. The molecule has 0 spiro atoms. The lowest BCUT2D eigenvalue weighted by Gasteiger charge is -2.26. The Bertz CT molecular complexity index is 864. The van der Waals surface area contributed by atoms with Gasteiger partial charge in [-0.05, 0) is 26.8 Å². The fraction of sp³-hybridized carbons (Fsp3) is 0.333. The first-order valence-electron chi connectivity index (χ1n) is 8.13. The van der Waals surface area contributed by atoms with Crippen LogP contribution in [0.15, 0.2) is 29.7 Å². The molecule has 2 heterocycles. The van der Waals surface area contributed by atoms with Crippen molar-refractivity contribution >= 4 is 0 Å². The summed E-state index contributed by atoms with van der Waals surface area (Å²) in [6.07, 6.45) is 0. The molecule has 3 rings (SSSR count). The maximum atomic E-state index is 9.67. The minimum Gasteiger partial charge on any atom is -0.490 e. The van der Waals surface area contributed by atoms with Gasteiger partial charge in [-0.1, -0.05) is 12.1 Å². The Morgan fingerprint density at radius 2 is 2.08 bits per heavy atom. The number of hydrogen-bond acceptors (Lipinski definition) is 6. The molecule has 0 bridgehead atoms. The number of rotatable bonds is 5. The second-order valence-electron chi connectivity index (χ2n) is 5.53. The fourth-order valence-corrected chi connectivity index (χ4v) is 3.04. The highest BCUT2D eigenvalue weighted by atomic mass is 16.5. The molecule has 0 radical (unpaired) electrons. The number of H-pyrrole nitrogens is 1. The van der Waals surface area contributed by atoms with Gasteiger partial charge in [-0.2, -0.15) is 5.26 Å². The van der Waals surface area contributed by atoms with Crippen LogP contribution in [0.4, 0.5) is 0 Å². The molecule has 0 amide bonds. The molecule has 0 aliphatic carbocycles. The lowest BCUT2D eigenvalue weighted by molar-refractivity contribution is 0.284. The summed E-state index contributed by atoms with van der Waals surface area (Å²) in [6, 6.07) is 7.80. The standard InChI is InChI=1S/C18H20N4O3/c1-4-23-13-8-6-7-11(16(13)24-5-2)15-12(9-19)17(20)25-18-14(15)10(3)21-22-18/h6-8,15H,4-5,20H2,1-3H3,(H,21,22). The van der Waals surface area contributed by atoms with Gasteiger partial charge in [-0.15, -0.1) is 5.10 Å². The summed E-state index contributed by atoms with van der Waals surface area (Å²) < 4.78 is 17.1. The number of para-hydroxylation sites is 1. The smallest absolute Gasteiger partial charge is 0.244 e. The molecule has 3 N–H and O–H groups in total. The number of aromatic nitrogens is 2. The van der Waals surface area contributed by atoms with Crippen molar-refractivity contribution in [2.45, 2.75) is 26.7 Å². The van der Waals surface area contributed by atoms with Gasteiger partial charge in [0.15, 0.2) is 11.5 Å². The molecule has 1 aromatic carbocycles. The van der Waals surface area contributed by atoms with Crippen LogP contribution >= 0.6 is 0 Å². The summed E-state index contributed by atoms with van der Waals surface area (Å²) in [4.78, 5) is 0. The molecule has 1 aliphatic heterocycles. The van der Waals surface area contributed by atoms with E-state index in [-0.39, 0.29) is 5.88 Å². The van der Waals surface area contributed by atoms with Crippen LogP contribution in [0.5, 0.6) is 17.4 Å². The Morgan fingerprint density at radius 3 is 2.76 bits per heavy atom. The van der Waals surface area contributed by atoms with E-state index in [0.29, 0.717) is 36.2 Å². The van der Waals surface area contributed by atoms with Crippen LogP contribution in [0.25, 0.3) is 0 Å². The van der Waals surface area contributed by atoms with Crippen LogP contribution in [0.1, 0.15) is 36.6 Å². The topological polar surface area (TPSA) is 106 Å². The molecule has 7 heteroatoms. The predicted molar refractivity (Wildman–Crippen MR) is 91.4 cm³/mol. The molecule has 0 saturated heterocycles. The monoisotopic (exact) mass is 340 g/mol. The Hall–Kier alpha value is -3.14. The summed E-state index contributed by atoms with van der Waals surface area (Å²) >= 11 is 0. The van der Waals surface area contributed by atoms with Crippen LogP contribution in [0.3, 0.4) is 0 Å². The van der Waals surface area contributed by atoms with Gasteiger partial charge in [0, 0.05) is 16.8 Å². The Kier molecular flexibility index (Phi) is 4.52. The number of nitrogens with two attached hydrogens (primary N) is 1. The molecular formula is C18H20N4O3. The van der Waals surface area contributed by atoms with Crippen molar-refractivity contribution in [2.75, 3.05) is 13.2 Å². The van der Waals surface area contributed by atoms with Crippen molar-refractivity contribution in [3.05, 3.63) is 46.5 Å². The van der Waals surface area contributed by atoms with E-state index in [1.54, 1.807) is 0 Å².